The number of thioether (sulfide) groups is 1. The fraction of sp³-hybridized carbons (Fsp3) is 0. The number of ketones is 2. The van der Waals surface area contributed by atoms with Crippen LogP contribution >= 0.6 is 11.8 Å². The van der Waals surface area contributed by atoms with Crippen molar-refractivity contribution >= 4 is 23.3 Å². The molecule has 4 aromatic carbocycles. The first-order valence-corrected chi connectivity index (χ1v) is 12.3. The van der Waals surface area contributed by atoms with Crippen LogP contribution in [0.4, 0.5) is 0 Å². The lowest BCUT2D eigenvalue weighted by Gasteiger charge is -2.05. The molecule has 0 fully saturated rings. The second kappa shape index (κ2) is 10.8. The number of rotatable bonds is 8. The molecule has 0 saturated heterocycles. The number of benzene rings is 4. The van der Waals surface area contributed by atoms with Crippen molar-refractivity contribution in [3.05, 3.63) is 143 Å². The molecular weight excluding hydrogens is 464 g/mol. The number of nitrogens with one attached hydrogen (secondary N) is 1. The molecule has 36 heavy (non-hydrogen) atoms. The third kappa shape index (κ3) is 5.27. The summed E-state index contributed by atoms with van der Waals surface area (Å²) in [5.74, 6) is -0.468. The predicted octanol–water partition coefficient (Wildman–Crippen LogP) is 7.49. The fourth-order valence-electron chi connectivity index (χ4n) is 3.80. The number of nitrogens with zero attached hydrogens (tertiary/aromatic N) is 1. The molecule has 174 valence electrons. The molecule has 0 spiro atoms. The molecular formula is C31H22N2O2S. The lowest BCUT2D eigenvalue weighted by Crippen LogP contribution is -2.04. The minimum atomic E-state index is -0.236. The Hall–Kier alpha value is -4.48. The first-order valence-electron chi connectivity index (χ1n) is 11.5. The highest BCUT2D eigenvalue weighted by Crippen LogP contribution is 2.35. The quantitative estimate of drug-likeness (QED) is 0.140. The van der Waals surface area contributed by atoms with Gasteiger partial charge >= 0.3 is 0 Å². The largest absolute Gasteiger partial charge is 0.332 e. The molecule has 5 heteroatoms. The summed E-state index contributed by atoms with van der Waals surface area (Å²) >= 11 is 1.16. The maximum absolute atomic E-state index is 13.5. The first kappa shape index (κ1) is 23.3. The lowest BCUT2D eigenvalue weighted by molar-refractivity contribution is 0.101. The zero-order valence-electron chi connectivity index (χ0n) is 19.3. The van der Waals surface area contributed by atoms with Gasteiger partial charge in [-0.25, -0.2) is 4.98 Å². The van der Waals surface area contributed by atoms with E-state index in [0.717, 1.165) is 34.3 Å². The van der Waals surface area contributed by atoms with Crippen LogP contribution in [0.3, 0.4) is 0 Å². The molecule has 0 saturated carbocycles. The number of hydrogen-bond acceptors (Lipinski definition) is 4. The second-order valence-electron chi connectivity index (χ2n) is 8.03. The van der Waals surface area contributed by atoms with Crippen LogP contribution in [-0.4, -0.2) is 21.5 Å². The van der Waals surface area contributed by atoms with Crippen LogP contribution in [0, 0.1) is 0 Å². The molecule has 4 nitrogen and oxygen atoms in total. The monoisotopic (exact) mass is 486 g/mol. The molecule has 0 aliphatic carbocycles. The van der Waals surface area contributed by atoms with Crippen molar-refractivity contribution in [2.24, 2.45) is 0 Å². The molecule has 0 bridgehead atoms. The van der Waals surface area contributed by atoms with Gasteiger partial charge in [-0.15, -0.1) is 0 Å². The van der Waals surface area contributed by atoms with Crippen LogP contribution in [-0.2, 0) is 0 Å². The summed E-state index contributed by atoms with van der Waals surface area (Å²) in [6.07, 6.45) is 1.40. The Balaban J connectivity index is 1.57. The van der Waals surface area contributed by atoms with Gasteiger partial charge in [-0.1, -0.05) is 121 Å². The summed E-state index contributed by atoms with van der Waals surface area (Å²) in [4.78, 5) is 35.0. The van der Waals surface area contributed by atoms with Gasteiger partial charge in [-0.2, -0.15) is 0 Å². The maximum Gasteiger partial charge on any atom is 0.199 e. The fourth-order valence-corrected chi connectivity index (χ4v) is 4.68. The average Bonchev–Trinajstić information content (AvgIpc) is 3.38. The predicted molar refractivity (Wildman–Crippen MR) is 145 cm³/mol. The van der Waals surface area contributed by atoms with Crippen LogP contribution in [0.2, 0.25) is 0 Å². The molecule has 0 radical (unpaired) electrons. The van der Waals surface area contributed by atoms with E-state index in [1.165, 1.54) is 6.08 Å². The highest BCUT2D eigenvalue weighted by molar-refractivity contribution is 8.03. The number of aromatic amines is 1. The third-order valence-electron chi connectivity index (χ3n) is 5.58. The minimum Gasteiger partial charge on any atom is -0.332 e. The van der Waals surface area contributed by atoms with E-state index in [1.807, 2.05) is 84.9 Å². The Morgan fingerprint density at radius 1 is 0.639 bits per heavy atom. The van der Waals surface area contributed by atoms with Crippen LogP contribution in [0.5, 0.6) is 0 Å². The van der Waals surface area contributed by atoms with E-state index in [-0.39, 0.29) is 11.6 Å². The number of Topliss-reactive ketones (excluding diaryl/α,β-unsaturated/α-hetero) is 1. The van der Waals surface area contributed by atoms with Gasteiger partial charge in [0.1, 0.15) is 0 Å². The number of carbonyl (C=O) groups is 2. The van der Waals surface area contributed by atoms with Crippen LogP contribution in [0.1, 0.15) is 20.7 Å². The Labute approximate surface area is 213 Å². The number of aromatic nitrogens is 2. The van der Waals surface area contributed by atoms with Gasteiger partial charge in [0, 0.05) is 28.3 Å². The summed E-state index contributed by atoms with van der Waals surface area (Å²) < 4.78 is 0. The molecule has 0 amide bonds. The van der Waals surface area contributed by atoms with Crippen molar-refractivity contribution < 1.29 is 9.59 Å². The molecule has 0 aliphatic heterocycles. The SMILES string of the molecule is O=C(C=C(Sc1nc(-c2ccccc2)c(-c2ccccc2)[nH]1)C(=O)c1ccccc1)c1ccccc1. The van der Waals surface area contributed by atoms with Gasteiger partial charge in [0.15, 0.2) is 16.7 Å². The third-order valence-corrected chi connectivity index (χ3v) is 6.49. The Kier molecular flexibility index (Phi) is 7.01. The zero-order valence-corrected chi connectivity index (χ0v) is 20.1. The highest BCUT2D eigenvalue weighted by atomic mass is 32.2. The summed E-state index contributed by atoms with van der Waals surface area (Å²) in [5.41, 5.74) is 4.60. The second-order valence-corrected chi connectivity index (χ2v) is 9.06. The molecule has 1 aromatic heterocycles. The topological polar surface area (TPSA) is 62.8 Å². The normalized spacial score (nSPS) is 11.3. The molecule has 0 aliphatic rings. The van der Waals surface area contributed by atoms with Crippen LogP contribution in [0.15, 0.2) is 137 Å². The van der Waals surface area contributed by atoms with Crippen LogP contribution in [0.25, 0.3) is 22.5 Å². The molecule has 0 unspecified atom stereocenters. The van der Waals surface area contributed by atoms with Gasteiger partial charge in [-0.05, 0) is 11.8 Å². The zero-order chi connectivity index (χ0) is 24.7. The minimum absolute atomic E-state index is 0.233. The Bertz CT molecular complexity index is 1450. The van der Waals surface area contributed by atoms with E-state index in [2.05, 4.69) is 4.98 Å². The number of hydrogen-bond donors (Lipinski definition) is 1. The number of imidazole rings is 1. The van der Waals surface area contributed by atoms with Gasteiger partial charge < -0.3 is 4.98 Å². The highest BCUT2D eigenvalue weighted by Gasteiger charge is 2.20. The van der Waals surface area contributed by atoms with Gasteiger partial charge in [0.25, 0.3) is 0 Å². The summed E-state index contributed by atoms with van der Waals surface area (Å²) in [6, 6.07) is 37.7. The van der Waals surface area contributed by atoms with Crippen molar-refractivity contribution in [3.8, 4) is 22.5 Å². The van der Waals surface area contributed by atoms with Crippen molar-refractivity contribution in [3.63, 3.8) is 0 Å². The Morgan fingerprint density at radius 2 is 1.14 bits per heavy atom. The molecule has 0 atom stereocenters. The van der Waals surface area contributed by atoms with E-state index < -0.39 is 0 Å². The van der Waals surface area contributed by atoms with E-state index in [0.29, 0.717) is 21.2 Å². The van der Waals surface area contributed by atoms with Crippen molar-refractivity contribution in [1.82, 2.24) is 9.97 Å². The molecule has 5 rings (SSSR count). The van der Waals surface area contributed by atoms with Gasteiger partial charge in [-0.3, -0.25) is 9.59 Å². The lowest BCUT2D eigenvalue weighted by atomic mass is 10.1. The summed E-state index contributed by atoms with van der Waals surface area (Å²) in [7, 11) is 0. The van der Waals surface area contributed by atoms with E-state index in [1.54, 1.807) is 36.4 Å². The maximum atomic E-state index is 13.5. The number of carbonyl (C=O) groups excluding carboxylic acids is 2. The van der Waals surface area contributed by atoms with Crippen molar-refractivity contribution in [2.45, 2.75) is 5.16 Å². The number of allylic oxidation sites excluding steroid dienone is 2. The molecule has 5 aromatic rings. The number of H-pyrrole nitrogens is 1. The summed E-state index contributed by atoms with van der Waals surface area (Å²) in [6.45, 7) is 0. The average molecular weight is 487 g/mol. The standard InChI is InChI=1S/C31H22N2O2S/c34-26(22-13-5-1-6-14-22)21-27(30(35)25-19-11-4-12-20-25)36-31-32-28(23-15-7-2-8-16-23)29(33-31)24-17-9-3-10-18-24/h1-21H,(H,32,33). The molecule has 1 heterocycles. The smallest absolute Gasteiger partial charge is 0.199 e. The van der Waals surface area contributed by atoms with E-state index in [9.17, 15) is 9.59 Å². The first-order chi connectivity index (χ1) is 17.7. The molecule has 1 N–H and O–H groups in total. The van der Waals surface area contributed by atoms with Gasteiger partial charge in [0.2, 0.25) is 0 Å². The van der Waals surface area contributed by atoms with Crippen molar-refractivity contribution in [1.29, 1.82) is 0 Å². The van der Waals surface area contributed by atoms with Crippen LogP contribution < -0.4 is 0 Å². The van der Waals surface area contributed by atoms with Crippen molar-refractivity contribution in [2.75, 3.05) is 0 Å². The van der Waals surface area contributed by atoms with E-state index in [4.69, 9.17) is 4.98 Å². The Morgan fingerprint density at radius 3 is 1.72 bits per heavy atom. The summed E-state index contributed by atoms with van der Waals surface area (Å²) in [5, 5.41) is 0.532. The van der Waals surface area contributed by atoms with E-state index >= 15 is 0 Å². The van der Waals surface area contributed by atoms with Gasteiger partial charge in [0.05, 0.1) is 16.3 Å².